The van der Waals surface area contributed by atoms with E-state index in [1.807, 2.05) is 61.5 Å². The molecule has 0 amide bonds. The summed E-state index contributed by atoms with van der Waals surface area (Å²) in [7, 11) is 0. The Hall–Kier alpha value is -4.83. The van der Waals surface area contributed by atoms with E-state index in [0.29, 0.717) is 22.2 Å². The number of aromatic nitrogens is 4. The second-order valence-electron chi connectivity index (χ2n) is 9.61. The van der Waals surface area contributed by atoms with Gasteiger partial charge in [0.1, 0.15) is 10.6 Å². The Morgan fingerprint density at radius 2 is 1.62 bits per heavy atom. The molecular formula is C32H28FN4O4S-. The van der Waals surface area contributed by atoms with Crippen molar-refractivity contribution < 1.29 is 14.0 Å². The molecule has 0 atom stereocenters. The van der Waals surface area contributed by atoms with Gasteiger partial charge in [0.05, 0.1) is 11.9 Å². The molecule has 0 N–H and O–H groups in total. The van der Waals surface area contributed by atoms with Gasteiger partial charge in [-0.3, -0.25) is 13.9 Å². The standard InChI is InChI=1S/C31H25FN4O4S.CH4/c1-2-23-17-26-28(37)35(16-15-19-9-13-22(32)14-10-19)31(39)36(29(26)41-23)18-20-7-11-21(12-8-20)24-5-3-4-6-25(24)27-33-30(38)40-34-27;/h3-14,17H,2,15-16,18H2,1H3,(H,33,34,38);1H4/p-1. The molecule has 0 unspecified atom stereocenters. The lowest BCUT2D eigenvalue weighted by Gasteiger charge is -2.13. The molecule has 0 saturated carbocycles. The molecule has 0 bridgehead atoms. The Labute approximate surface area is 245 Å². The van der Waals surface area contributed by atoms with E-state index in [9.17, 15) is 19.1 Å². The first-order chi connectivity index (χ1) is 19.9. The average Bonchev–Trinajstić information content (AvgIpc) is 3.63. The van der Waals surface area contributed by atoms with Gasteiger partial charge < -0.3 is 9.63 Å². The summed E-state index contributed by atoms with van der Waals surface area (Å²) >= 11 is 1.46. The lowest BCUT2D eigenvalue weighted by molar-refractivity contribution is -0.303. The van der Waals surface area contributed by atoms with E-state index in [1.165, 1.54) is 28.0 Å². The van der Waals surface area contributed by atoms with Gasteiger partial charge in [0, 0.05) is 17.0 Å². The molecule has 8 nitrogen and oxygen atoms in total. The first kappa shape index (κ1) is 28.7. The van der Waals surface area contributed by atoms with Crippen molar-refractivity contribution in [3.63, 3.8) is 0 Å². The largest absolute Gasteiger partial charge is 0.528 e. The van der Waals surface area contributed by atoms with Crippen molar-refractivity contribution in [2.75, 3.05) is 0 Å². The number of fused-ring (bicyclic) bond motifs is 1. The van der Waals surface area contributed by atoms with Crippen LogP contribution in [0.3, 0.4) is 0 Å². The number of halogens is 1. The highest BCUT2D eigenvalue weighted by atomic mass is 32.1. The smallest absolute Gasteiger partial charge is 0.332 e. The Bertz CT molecular complexity index is 1970. The van der Waals surface area contributed by atoms with Gasteiger partial charge in [-0.2, -0.15) is 5.16 Å². The third kappa shape index (κ3) is 5.53. The van der Waals surface area contributed by atoms with Gasteiger partial charge in [0.2, 0.25) is 0 Å². The highest BCUT2D eigenvalue weighted by Gasteiger charge is 2.17. The van der Waals surface area contributed by atoms with Crippen LogP contribution in [0.4, 0.5) is 4.39 Å². The number of aryl methyl sites for hydroxylation is 2. The van der Waals surface area contributed by atoms with Crippen LogP contribution in [0.1, 0.15) is 30.4 Å². The molecule has 214 valence electrons. The van der Waals surface area contributed by atoms with Crippen LogP contribution >= 0.6 is 11.3 Å². The van der Waals surface area contributed by atoms with Crippen molar-refractivity contribution in [1.82, 2.24) is 19.3 Å². The van der Waals surface area contributed by atoms with Gasteiger partial charge in [-0.25, -0.2) is 14.2 Å². The Morgan fingerprint density at radius 3 is 2.29 bits per heavy atom. The summed E-state index contributed by atoms with van der Waals surface area (Å²) in [5.74, 6) is -0.114. The molecule has 0 saturated heterocycles. The third-order valence-corrected chi connectivity index (χ3v) is 8.32. The van der Waals surface area contributed by atoms with E-state index in [2.05, 4.69) is 14.7 Å². The summed E-state index contributed by atoms with van der Waals surface area (Å²) in [6.07, 6.45) is 0.430. The first-order valence-electron chi connectivity index (χ1n) is 13.1. The molecule has 0 spiro atoms. The normalized spacial score (nSPS) is 11.1. The molecule has 0 aliphatic heterocycles. The van der Waals surface area contributed by atoms with Crippen LogP contribution in [-0.2, 0) is 25.9 Å². The van der Waals surface area contributed by atoms with E-state index < -0.39 is 6.08 Å². The molecule has 0 aliphatic carbocycles. The molecule has 10 heteroatoms. The van der Waals surface area contributed by atoms with Gasteiger partial charge in [0.15, 0.2) is 11.9 Å². The molecular weight excluding hydrogens is 555 g/mol. The minimum atomic E-state index is -0.749. The summed E-state index contributed by atoms with van der Waals surface area (Å²) in [4.78, 5) is 32.6. The molecule has 42 heavy (non-hydrogen) atoms. The molecule has 6 aromatic rings. The van der Waals surface area contributed by atoms with Crippen molar-refractivity contribution in [2.45, 2.75) is 40.3 Å². The fraction of sp³-hybridized carbons (Fsp3) is 0.188. The van der Waals surface area contributed by atoms with Crippen LogP contribution in [0.5, 0.6) is 6.08 Å². The molecule has 6 rings (SSSR count). The molecule has 3 aromatic carbocycles. The number of rotatable bonds is 8. The number of thiophene rings is 1. The van der Waals surface area contributed by atoms with Crippen LogP contribution in [0, 0.1) is 5.82 Å². The molecule has 0 radical (unpaired) electrons. The van der Waals surface area contributed by atoms with Crippen molar-refractivity contribution in [2.24, 2.45) is 0 Å². The molecule has 3 aromatic heterocycles. The number of hydrogen-bond donors (Lipinski definition) is 0. The van der Waals surface area contributed by atoms with E-state index in [1.54, 1.807) is 16.7 Å². The van der Waals surface area contributed by atoms with E-state index in [-0.39, 0.29) is 43.4 Å². The van der Waals surface area contributed by atoms with Crippen LogP contribution in [-0.4, -0.2) is 19.3 Å². The fourth-order valence-corrected chi connectivity index (χ4v) is 5.95. The maximum atomic E-state index is 13.7. The van der Waals surface area contributed by atoms with Crippen LogP contribution in [0.15, 0.2) is 93.0 Å². The topological polar surface area (TPSA) is 106 Å². The number of hydrogen-bond acceptors (Lipinski definition) is 7. The Kier molecular flexibility index (Phi) is 8.17. The van der Waals surface area contributed by atoms with Crippen LogP contribution in [0.25, 0.3) is 32.7 Å². The Morgan fingerprint density at radius 1 is 0.929 bits per heavy atom. The highest BCUT2D eigenvalue weighted by Crippen LogP contribution is 2.31. The summed E-state index contributed by atoms with van der Waals surface area (Å²) < 4.78 is 20.9. The number of benzene rings is 3. The van der Waals surface area contributed by atoms with Gasteiger partial charge in [-0.15, -0.1) is 11.3 Å². The zero-order valence-electron chi connectivity index (χ0n) is 22.0. The predicted molar refractivity (Wildman–Crippen MR) is 160 cm³/mol. The minimum Gasteiger partial charge on any atom is -0.528 e. The summed E-state index contributed by atoms with van der Waals surface area (Å²) in [5, 5.41) is 15.7. The molecule has 3 heterocycles. The third-order valence-electron chi connectivity index (χ3n) is 7.01. The van der Waals surface area contributed by atoms with E-state index >= 15 is 0 Å². The fourth-order valence-electron chi connectivity index (χ4n) is 4.87. The molecule has 0 aliphatic rings. The van der Waals surface area contributed by atoms with E-state index in [0.717, 1.165) is 33.6 Å². The predicted octanol–water partition coefficient (Wildman–Crippen LogP) is 5.64. The van der Waals surface area contributed by atoms with Gasteiger partial charge in [0.25, 0.3) is 5.56 Å². The lowest BCUT2D eigenvalue weighted by Crippen LogP contribution is -2.40. The maximum absolute atomic E-state index is 13.7. The zero-order chi connectivity index (χ0) is 28.5. The Balaban J connectivity index is 0.00000353. The van der Waals surface area contributed by atoms with Crippen molar-refractivity contribution in [3.05, 3.63) is 122 Å². The first-order valence-corrected chi connectivity index (χ1v) is 13.9. The van der Waals surface area contributed by atoms with Crippen molar-refractivity contribution in [1.29, 1.82) is 0 Å². The average molecular weight is 584 g/mol. The summed E-state index contributed by atoms with van der Waals surface area (Å²) in [6, 6.07) is 23.1. The second kappa shape index (κ2) is 12.0. The van der Waals surface area contributed by atoms with Crippen LogP contribution in [0.2, 0.25) is 0 Å². The van der Waals surface area contributed by atoms with Gasteiger partial charge in [-0.05, 0) is 53.3 Å². The minimum absolute atomic E-state index is 0. The molecule has 0 fully saturated rings. The summed E-state index contributed by atoms with van der Waals surface area (Å²) in [6.45, 7) is 2.48. The van der Waals surface area contributed by atoms with Gasteiger partial charge >= 0.3 is 5.69 Å². The summed E-state index contributed by atoms with van der Waals surface area (Å²) in [5.41, 5.74) is 3.41. The highest BCUT2D eigenvalue weighted by molar-refractivity contribution is 7.18. The maximum Gasteiger partial charge on any atom is 0.332 e. The van der Waals surface area contributed by atoms with E-state index in [4.69, 9.17) is 0 Å². The monoisotopic (exact) mass is 583 g/mol. The SMILES string of the molecule is C.CCc1cc2c(=O)n(CCc3ccc(F)cc3)c(=O)n(Cc3ccc(-c4ccccc4-c4noc([O-])n4)cc3)c2s1. The van der Waals surface area contributed by atoms with Crippen molar-refractivity contribution >= 4 is 21.6 Å². The number of nitrogens with zero attached hydrogens (tertiary/aromatic N) is 4. The lowest BCUT2D eigenvalue weighted by atomic mass is 9.98. The van der Waals surface area contributed by atoms with Gasteiger partial charge in [-0.1, -0.05) is 75.0 Å². The zero-order valence-corrected chi connectivity index (χ0v) is 22.9. The van der Waals surface area contributed by atoms with Crippen LogP contribution < -0.4 is 16.4 Å². The quantitative estimate of drug-likeness (QED) is 0.230. The second-order valence-corrected chi connectivity index (χ2v) is 10.7. The van der Waals surface area contributed by atoms with Crippen molar-refractivity contribution in [3.8, 4) is 28.6 Å².